The number of allylic oxidation sites excluding steroid dienone is 1. The molecule has 166 valence electrons. The molecule has 0 spiro atoms. The molecule has 1 heterocycles. The van der Waals surface area contributed by atoms with Crippen LogP contribution in [0.15, 0.2) is 45.0 Å². The van der Waals surface area contributed by atoms with Crippen molar-refractivity contribution in [2.75, 3.05) is 11.9 Å². The van der Waals surface area contributed by atoms with Crippen molar-refractivity contribution in [2.24, 2.45) is 0 Å². The number of hydrogen-bond acceptors (Lipinski definition) is 5. The number of carbonyl (C=O) groups is 2. The van der Waals surface area contributed by atoms with Crippen LogP contribution in [-0.4, -0.2) is 39.5 Å². The van der Waals surface area contributed by atoms with E-state index >= 15 is 0 Å². The molecule has 1 aromatic heterocycles. The van der Waals surface area contributed by atoms with Gasteiger partial charge in [-0.1, -0.05) is 33.6 Å². The number of aliphatic hydroxyl groups excluding tert-OH is 1. The third kappa shape index (κ3) is 6.42. The number of nitrogens with one attached hydrogen (secondary N) is 3. The first-order valence-electron chi connectivity index (χ1n) is 9.12. The molecule has 0 aliphatic rings. The molecule has 0 bridgehead atoms. The number of halogens is 3. The van der Waals surface area contributed by atoms with E-state index < -0.39 is 18.0 Å². The van der Waals surface area contributed by atoms with Gasteiger partial charge < -0.3 is 21.1 Å². The molecule has 0 aliphatic carbocycles. The lowest BCUT2D eigenvalue weighted by Crippen LogP contribution is -2.33. The van der Waals surface area contributed by atoms with Crippen LogP contribution in [0.2, 0.25) is 0 Å². The summed E-state index contributed by atoms with van der Waals surface area (Å²) in [4.78, 5) is 25.8. The maximum Gasteiger partial charge on any atom is 0.274 e. The summed E-state index contributed by atoms with van der Waals surface area (Å²) < 4.78 is 2.45. The minimum absolute atomic E-state index is 0.183. The van der Waals surface area contributed by atoms with Crippen LogP contribution in [0.4, 0.5) is 5.69 Å². The summed E-state index contributed by atoms with van der Waals surface area (Å²) in [5.74, 6) is -0.628. The van der Waals surface area contributed by atoms with Crippen molar-refractivity contribution in [1.82, 2.24) is 20.4 Å². The molecular weight excluding hydrogens is 554 g/mol. The van der Waals surface area contributed by atoms with Gasteiger partial charge in [0.15, 0.2) is 0 Å². The van der Waals surface area contributed by atoms with Crippen LogP contribution in [0.5, 0.6) is 0 Å². The second kappa shape index (κ2) is 10.9. The molecular formula is C20H22Br2ClN5O3. The highest BCUT2D eigenvalue weighted by Gasteiger charge is 2.22. The molecule has 2 rings (SSSR count). The van der Waals surface area contributed by atoms with Crippen molar-refractivity contribution < 1.29 is 14.7 Å². The molecule has 31 heavy (non-hydrogen) atoms. The summed E-state index contributed by atoms with van der Waals surface area (Å²) in [6.45, 7) is 8.92. The van der Waals surface area contributed by atoms with Gasteiger partial charge in [-0.2, -0.15) is 5.10 Å². The van der Waals surface area contributed by atoms with Gasteiger partial charge in [-0.3, -0.25) is 9.59 Å². The molecule has 2 aromatic rings. The van der Waals surface area contributed by atoms with E-state index in [0.717, 1.165) is 0 Å². The van der Waals surface area contributed by atoms with E-state index in [1.807, 2.05) is 0 Å². The predicted molar refractivity (Wildman–Crippen MR) is 129 cm³/mol. The standard InChI is InChI=1S/C20H22Br2ClN5O3/c1-5-6-24-18(11(3)23)28-15(9-16(22)27-28)20(31)26-17-10(2)7-13(21)8-14(17)19(30)25-12(4)29/h5,7-9,12,24,29H,1,6H2,2-4H3,(H,25,30)(H,26,31)/b18-11-. The van der Waals surface area contributed by atoms with Gasteiger partial charge in [0, 0.05) is 17.1 Å². The van der Waals surface area contributed by atoms with Gasteiger partial charge in [-0.25, -0.2) is 4.68 Å². The first-order valence-corrected chi connectivity index (χ1v) is 11.1. The van der Waals surface area contributed by atoms with Crippen molar-refractivity contribution >= 4 is 66.8 Å². The van der Waals surface area contributed by atoms with Gasteiger partial charge in [0.1, 0.15) is 22.3 Å². The Balaban J connectivity index is 2.49. The fourth-order valence-corrected chi connectivity index (χ4v) is 3.82. The van der Waals surface area contributed by atoms with Gasteiger partial charge >= 0.3 is 0 Å². The number of anilines is 1. The van der Waals surface area contributed by atoms with Gasteiger partial charge in [0.2, 0.25) is 0 Å². The SMILES string of the molecule is C=CCN/C(=C(\C)Cl)n1nc(Br)cc1C(=O)Nc1c(C)cc(Br)cc1C(=O)NC(C)O. The van der Waals surface area contributed by atoms with E-state index in [9.17, 15) is 14.7 Å². The molecule has 0 saturated heterocycles. The number of rotatable bonds is 8. The maximum absolute atomic E-state index is 13.2. The largest absolute Gasteiger partial charge is 0.374 e. The van der Waals surface area contributed by atoms with Crippen LogP contribution >= 0.6 is 43.5 Å². The number of nitrogens with zero attached hydrogens (tertiary/aromatic N) is 2. The van der Waals surface area contributed by atoms with Crippen molar-refractivity contribution in [3.05, 3.63) is 61.8 Å². The molecule has 8 nitrogen and oxygen atoms in total. The van der Waals surface area contributed by atoms with Crippen molar-refractivity contribution in [1.29, 1.82) is 0 Å². The van der Waals surface area contributed by atoms with Crippen LogP contribution in [0.1, 0.15) is 40.3 Å². The minimum Gasteiger partial charge on any atom is -0.374 e. The molecule has 0 saturated carbocycles. The number of amides is 2. The normalized spacial score (nSPS) is 12.6. The summed E-state index contributed by atoms with van der Waals surface area (Å²) in [5, 5.41) is 22.5. The zero-order chi connectivity index (χ0) is 23.3. The Bertz CT molecular complexity index is 1050. The van der Waals surface area contributed by atoms with Crippen LogP contribution < -0.4 is 16.0 Å². The molecule has 0 aliphatic heterocycles. The summed E-state index contributed by atoms with van der Waals surface area (Å²) in [7, 11) is 0. The highest BCUT2D eigenvalue weighted by atomic mass is 79.9. The molecule has 2 amide bonds. The third-order valence-electron chi connectivity index (χ3n) is 3.99. The molecule has 11 heteroatoms. The van der Waals surface area contributed by atoms with Crippen molar-refractivity contribution in [2.45, 2.75) is 27.0 Å². The molecule has 1 unspecified atom stereocenters. The maximum atomic E-state index is 13.2. The van der Waals surface area contributed by atoms with E-state index in [4.69, 9.17) is 11.6 Å². The van der Waals surface area contributed by atoms with Crippen molar-refractivity contribution in [3.8, 4) is 0 Å². The molecule has 0 radical (unpaired) electrons. The van der Waals surface area contributed by atoms with Crippen LogP contribution in [-0.2, 0) is 0 Å². The van der Waals surface area contributed by atoms with Crippen molar-refractivity contribution in [3.63, 3.8) is 0 Å². The van der Waals surface area contributed by atoms with E-state index in [2.05, 4.69) is 59.5 Å². The molecule has 1 aromatic carbocycles. The third-order valence-corrected chi connectivity index (χ3v) is 5.01. The highest BCUT2D eigenvalue weighted by molar-refractivity contribution is 9.10. The summed E-state index contributed by atoms with van der Waals surface area (Å²) in [5.41, 5.74) is 1.34. The molecule has 1 atom stereocenters. The highest BCUT2D eigenvalue weighted by Crippen LogP contribution is 2.27. The second-order valence-corrected chi connectivity index (χ2v) is 8.86. The van der Waals surface area contributed by atoms with E-state index in [1.54, 1.807) is 32.1 Å². The number of benzene rings is 1. The number of aryl methyl sites for hydroxylation is 1. The summed E-state index contributed by atoms with van der Waals surface area (Å²) in [6.07, 6.45) is 0.596. The first-order chi connectivity index (χ1) is 14.5. The number of aliphatic hydroxyl groups is 1. The summed E-state index contributed by atoms with van der Waals surface area (Å²) in [6, 6.07) is 4.86. The zero-order valence-corrected chi connectivity index (χ0v) is 21.0. The zero-order valence-electron chi connectivity index (χ0n) is 17.1. The van der Waals surface area contributed by atoms with E-state index in [1.165, 1.54) is 17.7 Å². The smallest absolute Gasteiger partial charge is 0.274 e. The fraction of sp³-hybridized carbons (Fsp3) is 0.250. The Kier molecular flexibility index (Phi) is 8.87. The predicted octanol–water partition coefficient (Wildman–Crippen LogP) is 4.20. The monoisotopic (exact) mass is 573 g/mol. The lowest BCUT2D eigenvalue weighted by molar-refractivity contribution is 0.0819. The van der Waals surface area contributed by atoms with Crippen LogP contribution in [0, 0.1) is 6.92 Å². The lowest BCUT2D eigenvalue weighted by atomic mass is 10.1. The average molecular weight is 576 g/mol. The van der Waals surface area contributed by atoms with E-state index in [-0.39, 0.29) is 11.3 Å². The first kappa shape index (κ1) is 25.1. The quantitative estimate of drug-likeness (QED) is 0.279. The Hall–Kier alpha value is -2.14. The van der Waals surface area contributed by atoms with Crippen LogP contribution in [0.25, 0.3) is 5.82 Å². The minimum atomic E-state index is -1.05. The van der Waals surface area contributed by atoms with Crippen LogP contribution in [0.3, 0.4) is 0 Å². The Labute approximate surface area is 202 Å². The average Bonchev–Trinajstić information content (AvgIpc) is 3.04. The van der Waals surface area contributed by atoms with Gasteiger partial charge in [-0.05, 0) is 54.4 Å². The number of aromatic nitrogens is 2. The topological polar surface area (TPSA) is 108 Å². The summed E-state index contributed by atoms with van der Waals surface area (Å²) >= 11 is 12.9. The van der Waals surface area contributed by atoms with E-state index in [0.29, 0.717) is 37.7 Å². The Morgan fingerprint density at radius 1 is 1.32 bits per heavy atom. The second-order valence-electron chi connectivity index (χ2n) is 6.56. The van der Waals surface area contributed by atoms with Gasteiger partial charge in [0.25, 0.3) is 11.8 Å². The Morgan fingerprint density at radius 3 is 2.58 bits per heavy atom. The van der Waals surface area contributed by atoms with Gasteiger partial charge in [-0.15, -0.1) is 6.58 Å². The number of hydrogen-bond donors (Lipinski definition) is 4. The Morgan fingerprint density at radius 2 is 2.00 bits per heavy atom. The van der Waals surface area contributed by atoms with Gasteiger partial charge in [0.05, 0.1) is 16.3 Å². The lowest BCUT2D eigenvalue weighted by Gasteiger charge is -2.17. The molecule has 4 N–H and O–H groups in total. The number of carbonyl (C=O) groups excluding carboxylic acids is 2. The fourth-order valence-electron chi connectivity index (χ4n) is 2.73. The molecule has 0 fully saturated rings.